The van der Waals surface area contributed by atoms with E-state index in [-0.39, 0.29) is 5.91 Å². The van der Waals surface area contributed by atoms with Crippen LogP contribution in [0.1, 0.15) is 32.1 Å². The lowest BCUT2D eigenvalue weighted by Gasteiger charge is -2.38. The van der Waals surface area contributed by atoms with Crippen molar-refractivity contribution in [3.05, 3.63) is 24.4 Å². The van der Waals surface area contributed by atoms with Crippen molar-refractivity contribution >= 4 is 16.8 Å². The average molecular weight is 415 g/mol. The van der Waals surface area contributed by atoms with E-state index in [4.69, 9.17) is 18.9 Å². The van der Waals surface area contributed by atoms with E-state index >= 15 is 0 Å². The standard InChI is InChI=1S/C23H30N2O5/c1-27-19-5-9-24-18-15-21(20(28-2)14-17(18)19)30-12-3-4-22(26)25-10-6-23(7-11-25)8-13-29-16-23/h5,9,14-15H,3-4,6-8,10-13,16H2,1-2H3. The van der Waals surface area contributed by atoms with Gasteiger partial charge in [0.05, 0.1) is 33.0 Å². The summed E-state index contributed by atoms with van der Waals surface area (Å²) >= 11 is 0. The minimum Gasteiger partial charge on any atom is -0.496 e. The van der Waals surface area contributed by atoms with Crippen molar-refractivity contribution in [1.29, 1.82) is 0 Å². The normalized spacial score (nSPS) is 18.0. The first-order valence-corrected chi connectivity index (χ1v) is 10.6. The topological polar surface area (TPSA) is 70.1 Å². The molecule has 7 nitrogen and oxygen atoms in total. The highest BCUT2D eigenvalue weighted by Crippen LogP contribution is 2.39. The number of carbonyl (C=O) groups excluding carboxylic acids is 1. The number of benzene rings is 1. The van der Waals surface area contributed by atoms with E-state index in [0.717, 1.165) is 62.2 Å². The summed E-state index contributed by atoms with van der Waals surface area (Å²) in [5, 5.41) is 0.870. The van der Waals surface area contributed by atoms with Crippen LogP contribution in [0, 0.1) is 5.41 Å². The van der Waals surface area contributed by atoms with Crippen molar-refractivity contribution < 1.29 is 23.7 Å². The number of aromatic nitrogens is 1. The van der Waals surface area contributed by atoms with Gasteiger partial charge in [-0.1, -0.05) is 0 Å². The number of pyridine rings is 1. The van der Waals surface area contributed by atoms with Gasteiger partial charge < -0.3 is 23.8 Å². The van der Waals surface area contributed by atoms with E-state index < -0.39 is 0 Å². The number of carbonyl (C=O) groups is 1. The van der Waals surface area contributed by atoms with Crippen LogP contribution < -0.4 is 14.2 Å². The number of fused-ring (bicyclic) bond motifs is 1. The fraction of sp³-hybridized carbons (Fsp3) is 0.565. The highest BCUT2D eigenvalue weighted by Gasteiger charge is 2.38. The summed E-state index contributed by atoms with van der Waals surface area (Å²) in [5.74, 6) is 2.20. The molecule has 2 fully saturated rings. The molecule has 0 unspecified atom stereocenters. The van der Waals surface area contributed by atoms with Gasteiger partial charge in [-0.25, -0.2) is 0 Å². The van der Waals surface area contributed by atoms with E-state index in [0.29, 0.717) is 36.4 Å². The number of nitrogens with zero attached hydrogens (tertiary/aromatic N) is 2. The molecule has 30 heavy (non-hydrogen) atoms. The van der Waals surface area contributed by atoms with Gasteiger partial charge >= 0.3 is 0 Å². The molecule has 2 aliphatic rings. The van der Waals surface area contributed by atoms with Crippen LogP contribution in [0.4, 0.5) is 0 Å². The maximum Gasteiger partial charge on any atom is 0.222 e. The van der Waals surface area contributed by atoms with Gasteiger partial charge in [0, 0.05) is 43.8 Å². The zero-order chi connectivity index (χ0) is 21.0. The number of hydrogen-bond acceptors (Lipinski definition) is 6. The molecule has 2 aromatic rings. The van der Waals surface area contributed by atoms with Crippen LogP contribution in [-0.4, -0.2) is 62.9 Å². The van der Waals surface area contributed by atoms with Gasteiger partial charge in [-0.15, -0.1) is 0 Å². The minimum absolute atomic E-state index is 0.212. The van der Waals surface area contributed by atoms with Crippen LogP contribution in [0.2, 0.25) is 0 Å². The molecular weight excluding hydrogens is 384 g/mol. The third kappa shape index (κ3) is 4.31. The Morgan fingerprint density at radius 3 is 2.63 bits per heavy atom. The second-order valence-electron chi connectivity index (χ2n) is 8.17. The second kappa shape index (κ2) is 9.08. The molecule has 3 heterocycles. The van der Waals surface area contributed by atoms with Gasteiger partial charge in [-0.05, 0) is 43.2 Å². The van der Waals surface area contributed by atoms with Crippen molar-refractivity contribution in [1.82, 2.24) is 9.88 Å². The number of piperidine rings is 1. The molecule has 1 aromatic carbocycles. The Kier molecular flexibility index (Phi) is 6.27. The van der Waals surface area contributed by atoms with Gasteiger partial charge in [0.2, 0.25) is 5.91 Å². The Bertz CT molecular complexity index is 885. The summed E-state index contributed by atoms with van der Waals surface area (Å²) in [4.78, 5) is 19.0. The Labute approximate surface area is 177 Å². The van der Waals surface area contributed by atoms with Gasteiger partial charge in [-0.2, -0.15) is 0 Å². The number of amides is 1. The smallest absolute Gasteiger partial charge is 0.222 e. The molecule has 162 valence electrons. The van der Waals surface area contributed by atoms with Crippen molar-refractivity contribution in [2.24, 2.45) is 5.41 Å². The maximum atomic E-state index is 12.6. The van der Waals surface area contributed by atoms with Gasteiger partial charge in [0.25, 0.3) is 0 Å². The molecule has 1 amide bonds. The molecule has 1 aromatic heterocycles. The zero-order valence-corrected chi connectivity index (χ0v) is 17.8. The van der Waals surface area contributed by atoms with Crippen LogP contribution in [0.25, 0.3) is 10.9 Å². The predicted octanol–water partition coefficient (Wildman–Crippen LogP) is 3.44. The predicted molar refractivity (Wildman–Crippen MR) is 113 cm³/mol. The van der Waals surface area contributed by atoms with E-state index in [1.807, 2.05) is 23.1 Å². The number of hydrogen-bond donors (Lipinski definition) is 0. The summed E-state index contributed by atoms with van der Waals surface area (Å²) in [7, 11) is 3.24. The van der Waals surface area contributed by atoms with E-state index in [1.54, 1.807) is 20.4 Å². The van der Waals surface area contributed by atoms with Crippen LogP contribution in [0.15, 0.2) is 24.4 Å². The molecule has 0 saturated carbocycles. The average Bonchev–Trinajstić information content (AvgIpc) is 3.23. The van der Waals surface area contributed by atoms with Crippen LogP contribution in [0.3, 0.4) is 0 Å². The fourth-order valence-corrected chi connectivity index (χ4v) is 4.42. The summed E-state index contributed by atoms with van der Waals surface area (Å²) in [6.45, 7) is 3.86. The highest BCUT2D eigenvalue weighted by molar-refractivity contribution is 5.88. The largest absolute Gasteiger partial charge is 0.496 e. The second-order valence-corrected chi connectivity index (χ2v) is 8.17. The lowest BCUT2D eigenvalue weighted by molar-refractivity contribution is -0.133. The lowest BCUT2D eigenvalue weighted by Crippen LogP contribution is -2.43. The summed E-state index contributed by atoms with van der Waals surface area (Å²) in [5.41, 5.74) is 1.10. The Hall–Kier alpha value is -2.54. The Balaban J connectivity index is 1.29. The third-order valence-corrected chi connectivity index (χ3v) is 6.36. The Morgan fingerprint density at radius 2 is 1.93 bits per heavy atom. The van der Waals surface area contributed by atoms with Crippen LogP contribution in [-0.2, 0) is 9.53 Å². The quantitative estimate of drug-likeness (QED) is 0.647. The van der Waals surface area contributed by atoms with Crippen molar-refractivity contribution in [2.45, 2.75) is 32.1 Å². The van der Waals surface area contributed by atoms with E-state index in [9.17, 15) is 4.79 Å². The highest BCUT2D eigenvalue weighted by atomic mass is 16.5. The minimum atomic E-state index is 0.212. The number of ether oxygens (including phenoxy) is 4. The maximum absolute atomic E-state index is 12.6. The molecule has 4 rings (SSSR count). The SMILES string of the molecule is COc1cc2c(OC)ccnc2cc1OCCCC(=O)N1CCC2(CCOC2)CC1. The van der Waals surface area contributed by atoms with Crippen molar-refractivity contribution in [2.75, 3.05) is 47.1 Å². The molecule has 7 heteroatoms. The first-order chi connectivity index (χ1) is 14.6. The molecule has 0 radical (unpaired) electrons. The molecule has 0 N–H and O–H groups in total. The first kappa shape index (κ1) is 20.7. The third-order valence-electron chi connectivity index (χ3n) is 6.36. The molecule has 2 aliphatic heterocycles. The van der Waals surface area contributed by atoms with Gasteiger partial charge in [0.15, 0.2) is 11.5 Å². The van der Waals surface area contributed by atoms with Crippen molar-refractivity contribution in [3.63, 3.8) is 0 Å². The molecular formula is C23H30N2O5. The zero-order valence-electron chi connectivity index (χ0n) is 17.8. The summed E-state index contributed by atoms with van der Waals surface area (Å²) in [6, 6.07) is 5.54. The van der Waals surface area contributed by atoms with Crippen molar-refractivity contribution in [3.8, 4) is 17.2 Å². The number of methoxy groups -OCH3 is 2. The molecule has 2 saturated heterocycles. The first-order valence-electron chi connectivity index (χ1n) is 10.6. The van der Waals surface area contributed by atoms with Crippen LogP contribution >= 0.6 is 0 Å². The monoisotopic (exact) mass is 414 g/mol. The lowest BCUT2D eigenvalue weighted by atomic mass is 9.78. The molecule has 1 spiro atoms. The molecule has 0 bridgehead atoms. The van der Waals surface area contributed by atoms with E-state index in [1.165, 1.54) is 0 Å². The summed E-state index contributed by atoms with van der Waals surface area (Å²) < 4.78 is 22.4. The van der Waals surface area contributed by atoms with E-state index in [2.05, 4.69) is 4.98 Å². The van der Waals surface area contributed by atoms with Gasteiger partial charge in [-0.3, -0.25) is 9.78 Å². The van der Waals surface area contributed by atoms with Crippen LogP contribution in [0.5, 0.6) is 17.2 Å². The Morgan fingerprint density at radius 1 is 1.13 bits per heavy atom. The van der Waals surface area contributed by atoms with Gasteiger partial charge in [0.1, 0.15) is 5.75 Å². The molecule has 0 atom stereocenters. The number of rotatable bonds is 7. The fourth-order valence-electron chi connectivity index (χ4n) is 4.42. The molecule has 0 aliphatic carbocycles. The summed E-state index contributed by atoms with van der Waals surface area (Å²) in [6.07, 6.45) is 6.11. The number of likely N-dealkylation sites (tertiary alicyclic amines) is 1.